The van der Waals surface area contributed by atoms with Crippen LogP contribution in [0.2, 0.25) is 0 Å². The van der Waals surface area contributed by atoms with Crippen LogP contribution < -0.4 is 4.18 Å². The zero-order valence-corrected chi connectivity index (χ0v) is 21.1. The molecule has 1 aromatic carbocycles. The first-order valence-corrected chi connectivity index (χ1v) is 13.8. The fourth-order valence-electron chi connectivity index (χ4n) is 7.59. The lowest BCUT2D eigenvalue weighted by molar-refractivity contribution is -0.117. The van der Waals surface area contributed by atoms with Gasteiger partial charge in [0.05, 0.1) is 18.1 Å². The summed E-state index contributed by atoms with van der Waals surface area (Å²) in [5.74, 6) is -0.0364. The molecule has 0 aliphatic heterocycles. The molecule has 1 N–H and O–H groups in total. The summed E-state index contributed by atoms with van der Waals surface area (Å²) in [5.41, 5.74) is -5.49. The van der Waals surface area contributed by atoms with Crippen LogP contribution in [0.4, 0.5) is 13.2 Å². The van der Waals surface area contributed by atoms with Crippen molar-refractivity contribution in [2.24, 2.45) is 29.1 Å². The minimum Gasteiger partial charge on any atom is -0.388 e. The van der Waals surface area contributed by atoms with Crippen LogP contribution in [0.1, 0.15) is 56.9 Å². The number of ketones is 1. The van der Waals surface area contributed by atoms with Crippen molar-refractivity contribution in [2.75, 3.05) is 0 Å². The van der Waals surface area contributed by atoms with E-state index in [1.54, 1.807) is 18.2 Å². The normalized spacial score (nSPS) is 37.1. The van der Waals surface area contributed by atoms with Crippen LogP contribution in [0.3, 0.4) is 0 Å². The molecule has 0 amide bonds. The zero-order valence-electron chi connectivity index (χ0n) is 20.2. The monoisotopic (exact) mass is 535 g/mol. The number of fused-ring (bicyclic) bond motifs is 5. The highest BCUT2D eigenvalue weighted by Crippen LogP contribution is 2.67. The van der Waals surface area contributed by atoms with Crippen molar-refractivity contribution >= 4 is 15.9 Å². The predicted molar refractivity (Wildman–Crippen MR) is 127 cm³/mol. The summed E-state index contributed by atoms with van der Waals surface area (Å²) < 4.78 is 65.5. The van der Waals surface area contributed by atoms with Crippen LogP contribution in [0.5, 0.6) is 5.75 Å². The number of rotatable bonds is 4. The lowest BCUT2D eigenvalue weighted by Gasteiger charge is -2.57. The number of hydrogen-bond acceptors (Lipinski definition) is 6. The molecule has 0 unspecified atom stereocenters. The van der Waals surface area contributed by atoms with Crippen molar-refractivity contribution in [1.82, 2.24) is 0 Å². The molecule has 1 aromatic rings. The van der Waals surface area contributed by atoms with Crippen molar-refractivity contribution in [3.63, 3.8) is 0 Å². The maximum absolute atomic E-state index is 12.8. The van der Waals surface area contributed by atoms with Crippen LogP contribution in [0.25, 0.3) is 0 Å². The summed E-state index contributed by atoms with van der Waals surface area (Å²) in [6.45, 7) is 2.03. The molecule has 2 fully saturated rings. The Kier molecular flexibility index (Phi) is 6.11. The Morgan fingerprint density at radius 3 is 2.54 bits per heavy atom. The molecule has 0 bridgehead atoms. The van der Waals surface area contributed by atoms with E-state index >= 15 is 0 Å². The summed E-state index contributed by atoms with van der Waals surface area (Å²) in [5, 5.41) is 21.1. The van der Waals surface area contributed by atoms with E-state index in [-0.39, 0.29) is 41.8 Å². The number of nitriles is 1. The molecule has 37 heavy (non-hydrogen) atoms. The number of benzene rings is 1. The van der Waals surface area contributed by atoms with Crippen LogP contribution in [-0.4, -0.2) is 30.4 Å². The van der Waals surface area contributed by atoms with Gasteiger partial charge in [-0.1, -0.05) is 31.2 Å². The molecule has 198 valence electrons. The second kappa shape index (κ2) is 8.70. The largest absolute Gasteiger partial charge is 0.534 e. The standard InChI is InChI=1S/C27H28F3NO5S/c1-25-15-22(16-2-6-19(7-3-16)36-37(34,35)27(28,29)30)24-20-9-5-18(32)14-17(20)4-8-21(24)23(25)10-11-26(25,33)12-13-31/h2-4,6-8,14,20-24,33H,5,9-12,15H2,1H3/t20-,21-,22+,23-,24+,25-,26+/m0/s1. The van der Waals surface area contributed by atoms with Crippen molar-refractivity contribution in [3.8, 4) is 11.8 Å². The van der Waals surface area contributed by atoms with Crippen LogP contribution in [0.15, 0.2) is 48.1 Å². The second-order valence-electron chi connectivity index (χ2n) is 11.1. The van der Waals surface area contributed by atoms with Gasteiger partial charge in [-0.05, 0) is 84.6 Å². The maximum atomic E-state index is 12.8. The molecule has 0 aromatic heterocycles. The van der Waals surface area contributed by atoms with Crippen molar-refractivity contribution in [1.29, 1.82) is 5.26 Å². The van der Waals surface area contributed by atoms with Gasteiger partial charge in [-0.15, -0.1) is 0 Å². The molecule has 4 aliphatic carbocycles. The summed E-state index contributed by atoms with van der Waals surface area (Å²) in [7, 11) is -5.78. The molecule has 6 nitrogen and oxygen atoms in total. The Balaban J connectivity index is 1.55. The lowest BCUT2D eigenvalue weighted by Crippen LogP contribution is -2.54. The van der Waals surface area contributed by atoms with Gasteiger partial charge in [0.15, 0.2) is 5.78 Å². The first-order valence-electron chi connectivity index (χ1n) is 12.4. The Bertz CT molecular complexity index is 1310. The number of nitrogens with zero attached hydrogens (tertiary/aromatic N) is 1. The predicted octanol–water partition coefficient (Wildman–Crippen LogP) is 5.17. The van der Waals surface area contributed by atoms with Gasteiger partial charge in [0.1, 0.15) is 5.75 Å². The fraction of sp³-hybridized carbons (Fsp3) is 0.556. The molecule has 7 atom stereocenters. The molecular weight excluding hydrogens is 507 g/mol. The molecular formula is C27H28F3NO5S. The number of allylic oxidation sites excluding steroid dienone is 4. The Morgan fingerprint density at radius 2 is 1.89 bits per heavy atom. The van der Waals surface area contributed by atoms with Crippen LogP contribution >= 0.6 is 0 Å². The second-order valence-corrected chi connectivity index (χ2v) is 12.6. The Morgan fingerprint density at radius 1 is 1.19 bits per heavy atom. The van der Waals surface area contributed by atoms with Gasteiger partial charge in [-0.25, -0.2) is 0 Å². The fourth-order valence-corrected chi connectivity index (χ4v) is 8.05. The quantitative estimate of drug-likeness (QED) is 0.421. The smallest absolute Gasteiger partial charge is 0.388 e. The van der Waals surface area contributed by atoms with Crippen molar-refractivity contribution in [2.45, 2.75) is 62.5 Å². The highest BCUT2D eigenvalue weighted by Gasteiger charge is 2.64. The maximum Gasteiger partial charge on any atom is 0.534 e. The topological polar surface area (TPSA) is 104 Å². The van der Waals surface area contributed by atoms with E-state index in [0.29, 0.717) is 25.7 Å². The van der Waals surface area contributed by atoms with Gasteiger partial charge >= 0.3 is 15.6 Å². The van der Waals surface area contributed by atoms with Crippen LogP contribution in [-0.2, 0) is 14.9 Å². The van der Waals surface area contributed by atoms with Crippen molar-refractivity contribution in [3.05, 3.63) is 53.6 Å². The van der Waals surface area contributed by atoms with E-state index in [1.807, 2.05) is 13.0 Å². The first-order chi connectivity index (χ1) is 17.3. The van der Waals surface area contributed by atoms with Crippen LogP contribution in [0, 0.1) is 40.4 Å². The average molecular weight is 536 g/mol. The summed E-state index contributed by atoms with van der Waals surface area (Å²) >= 11 is 0. The average Bonchev–Trinajstić information content (AvgIpc) is 3.08. The number of halogens is 3. The number of carbonyl (C=O) groups excluding carboxylic acids is 1. The molecule has 0 spiro atoms. The highest BCUT2D eigenvalue weighted by atomic mass is 32.2. The minimum atomic E-state index is -5.78. The summed E-state index contributed by atoms with van der Waals surface area (Å²) in [4.78, 5) is 12.1. The molecule has 2 saturated carbocycles. The number of carbonyl (C=O) groups is 1. The third kappa shape index (κ3) is 4.11. The summed E-state index contributed by atoms with van der Waals surface area (Å²) in [6.07, 6.45) is 8.86. The van der Waals surface area contributed by atoms with Gasteiger partial charge in [-0.2, -0.15) is 26.9 Å². The van der Waals surface area contributed by atoms with E-state index in [9.17, 15) is 36.8 Å². The minimum absolute atomic E-state index is 0.0129. The molecule has 5 rings (SSSR count). The van der Waals surface area contributed by atoms with E-state index in [0.717, 1.165) is 17.6 Å². The highest BCUT2D eigenvalue weighted by molar-refractivity contribution is 7.88. The van der Waals surface area contributed by atoms with Gasteiger partial charge in [-0.3, -0.25) is 4.79 Å². The van der Waals surface area contributed by atoms with Crippen molar-refractivity contribution < 1.29 is 35.7 Å². The number of aliphatic hydroxyl groups is 1. The Labute approximate surface area is 213 Å². The molecule has 0 radical (unpaired) electrons. The van der Waals surface area contributed by atoms with E-state index < -0.39 is 32.4 Å². The molecule has 0 heterocycles. The Hall–Kier alpha value is -2.64. The van der Waals surface area contributed by atoms with Gasteiger partial charge in [0.25, 0.3) is 0 Å². The lowest BCUT2D eigenvalue weighted by atomic mass is 9.48. The van der Waals surface area contributed by atoms with E-state index in [2.05, 4.69) is 16.3 Å². The van der Waals surface area contributed by atoms with E-state index in [1.165, 1.54) is 12.1 Å². The zero-order chi connectivity index (χ0) is 26.8. The third-order valence-electron chi connectivity index (χ3n) is 9.37. The van der Waals surface area contributed by atoms with Gasteiger partial charge in [0.2, 0.25) is 0 Å². The first kappa shape index (κ1) is 26.0. The van der Waals surface area contributed by atoms with Gasteiger partial charge < -0.3 is 9.29 Å². The van der Waals surface area contributed by atoms with E-state index in [4.69, 9.17) is 0 Å². The number of hydrogen-bond donors (Lipinski definition) is 1. The summed E-state index contributed by atoms with van der Waals surface area (Å²) in [6, 6.07) is 7.75. The van der Waals surface area contributed by atoms with Gasteiger partial charge in [0, 0.05) is 11.8 Å². The molecule has 10 heteroatoms. The third-order valence-corrected chi connectivity index (χ3v) is 10.3. The molecule has 4 aliphatic rings. The number of alkyl halides is 3. The SMILES string of the molecule is C[C@]12C[C@H](c3ccc(OS(=O)(=O)C(F)(F)F)cc3)[C@H]3[C@@H](C=CC4=CC(=O)CC[C@@H]43)[C@@H]1CC[C@@]2(O)CC#N. The molecule has 0 saturated heterocycles.